The Hall–Kier alpha value is -2.56. The number of hydrogen-bond donors (Lipinski definition) is 1. The van der Waals surface area contributed by atoms with Crippen LogP contribution in [0, 0.1) is 0 Å². The van der Waals surface area contributed by atoms with Gasteiger partial charge in [0.05, 0.1) is 7.11 Å². The summed E-state index contributed by atoms with van der Waals surface area (Å²) in [5.41, 5.74) is 0.977. The summed E-state index contributed by atoms with van der Waals surface area (Å²) < 4.78 is 10.7. The molecule has 0 unspecified atom stereocenters. The number of hydrogen-bond acceptors (Lipinski definition) is 4. The lowest BCUT2D eigenvalue weighted by atomic mass is 10.2. The minimum absolute atomic E-state index is 0.0772. The van der Waals surface area contributed by atoms with E-state index in [0.29, 0.717) is 5.75 Å². The zero-order chi connectivity index (χ0) is 13.7. The van der Waals surface area contributed by atoms with Gasteiger partial charge in [-0.2, -0.15) is 0 Å². The number of nitrogens with zero attached hydrogens (tertiary/aromatic N) is 1. The van der Waals surface area contributed by atoms with E-state index in [-0.39, 0.29) is 17.9 Å². The quantitative estimate of drug-likeness (QED) is 0.892. The second kappa shape index (κ2) is 5.86. The number of rotatable bonds is 5. The Kier molecular flexibility index (Phi) is 3.97. The number of benzene rings is 1. The molecule has 0 aliphatic heterocycles. The lowest BCUT2D eigenvalue weighted by Gasteiger charge is -2.12. The SMILES string of the molecule is COc1cccc(C(=O)O)c1OCc1ccncc1. The maximum Gasteiger partial charge on any atom is 0.339 e. The van der Waals surface area contributed by atoms with Crippen molar-refractivity contribution < 1.29 is 19.4 Å². The Balaban J connectivity index is 2.25. The molecule has 0 radical (unpaired) electrons. The van der Waals surface area contributed by atoms with Gasteiger partial charge in [0.2, 0.25) is 0 Å². The molecule has 5 nitrogen and oxygen atoms in total. The zero-order valence-corrected chi connectivity index (χ0v) is 10.4. The van der Waals surface area contributed by atoms with E-state index in [9.17, 15) is 4.79 Å². The molecule has 0 bridgehead atoms. The van der Waals surface area contributed by atoms with E-state index in [2.05, 4.69) is 4.98 Å². The molecule has 5 heteroatoms. The standard InChI is InChI=1S/C14H13NO4/c1-18-12-4-2-3-11(14(16)17)13(12)19-9-10-5-7-15-8-6-10/h2-8H,9H2,1H3,(H,16,17). The lowest BCUT2D eigenvalue weighted by molar-refractivity contribution is 0.0691. The third-order valence-electron chi connectivity index (χ3n) is 2.56. The van der Waals surface area contributed by atoms with Gasteiger partial charge in [-0.3, -0.25) is 4.98 Å². The maximum atomic E-state index is 11.2. The Labute approximate surface area is 110 Å². The number of aromatic carboxylic acids is 1. The van der Waals surface area contributed by atoms with Crippen LogP contribution in [0.5, 0.6) is 11.5 Å². The molecule has 0 spiro atoms. The number of ether oxygens (including phenoxy) is 2. The van der Waals surface area contributed by atoms with Gasteiger partial charge in [-0.25, -0.2) is 4.79 Å². The summed E-state index contributed by atoms with van der Waals surface area (Å²) >= 11 is 0. The summed E-state index contributed by atoms with van der Waals surface area (Å²) in [6, 6.07) is 8.36. The van der Waals surface area contributed by atoms with Crippen LogP contribution in [0.25, 0.3) is 0 Å². The maximum absolute atomic E-state index is 11.2. The van der Waals surface area contributed by atoms with Crippen molar-refractivity contribution in [1.82, 2.24) is 4.98 Å². The molecule has 1 heterocycles. The largest absolute Gasteiger partial charge is 0.493 e. The van der Waals surface area contributed by atoms with E-state index in [0.717, 1.165) is 5.56 Å². The molecule has 98 valence electrons. The number of carboxylic acid groups (broad SMARTS) is 1. The minimum Gasteiger partial charge on any atom is -0.493 e. The number of methoxy groups -OCH3 is 1. The van der Waals surface area contributed by atoms with Crippen LogP contribution >= 0.6 is 0 Å². The van der Waals surface area contributed by atoms with Crippen molar-refractivity contribution in [3.8, 4) is 11.5 Å². The predicted molar refractivity (Wildman–Crippen MR) is 68.5 cm³/mol. The number of carboxylic acids is 1. The third kappa shape index (κ3) is 3.01. The molecule has 2 rings (SSSR count). The first-order valence-corrected chi connectivity index (χ1v) is 5.64. The summed E-state index contributed by atoms with van der Waals surface area (Å²) in [5, 5.41) is 9.14. The van der Waals surface area contributed by atoms with Gasteiger partial charge in [-0.1, -0.05) is 6.07 Å². The van der Waals surface area contributed by atoms with E-state index < -0.39 is 5.97 Å². The van der Waals surface area contributed by atoms with Crippen molar-refractivity contribution in [1.29, 1.82) is 0 Å². The summed E-state index contributed by atoms with van der Waals surface area (Å²) in [5.74, 6) is -0.424. The van der Waals surface area contributed by atoms with E-state index in [1.807, 2.05) is 0 Å². The molecule has 0 atom stereocenters. The zero-order valence-electron chi connectivity index (χ0n) is 10.4. The first-order chi connectivity index (χ1) is 9.22. The normalized spacial score (nSPS) is 9.95. The Morgan fingerprint density at radius 3 is 2.63 bits per heavy atom. The van der Waals surface area contributed by atoms with Crippen LogP contribution in [-0.4, -0.2) is 23.2 Å². The molecule has 0 fully saturated rings. The van der Waals surface area contributed by atoms with Crippen LogP contribution in [0.15, 0.2) is 42.7 Å². The summed E-state index contributed by atoms with van der Waals surface area (Å²) in [7, 11) is 1.47. The Morgan fingerprint density at radius 1 is 1.26 bits per heavy atom. The smallest absolute Gasteiger partial charge is 0.339 e. The van der Waals surface area contributed by atoms with Crippen molar-refractivity contribution in [2.24, 2.45) is 0 Å². The van der Waals surface area contributed by atoms with E-state index in [1.54, 1.807) is 36.7 Å². The van der Waals surface area contributed by atoms with E-state index in [1.165, 1.54) is 13.2 Å². The highest BCUT2D eigenvalue weighted by Gasteiger charge is 2.16. The van der Waals surface area contributed by atoms with Gasteiger partial charge in [-0.15, -0.1) is 0 Å². The highest BCUT2D eigenvalue weighted by Crippen LogP contribution is 2.31. The van der Waals surface area contributed by atoms with Gasteiger partial charge in [-0.05, 0) is 29.8 Å². The molecule has 1 aromatic heterocycles. The molecule has 0 saturated carbocycles. The van der Waals surface area contributed by atoms with Crippen LogP contribution in [0.2, 0.25) is 0 Å². The number of para-hydroxylation sites is 1. The van der Waals surface area contributed by atoms with Gasteiger partial charge in [0.25, 0.3) is 0 Å². The third-order valence-corrected chi connectivity index (χ3v) is 2.56. The molecule has 0 saturated heterocycles. The molecule has 0 aliphatic carbocycles. The van der Waals surface area contributed by atoms with Crippen molar-refractivity contribution in [2.75, 3.05) is 7.11 Å². The Bertz CT molecular complexity index is 569. The van der Waals surface area contributed by atoms with Gasteiger partial charge >= 0.3 is 5.97 Å². The number of aromatic nitrogens is 1. The van der Waals surface area contributed by atoms with Crippen LogP contribution in [0.3, 0.4) is 0 Å². The van der Waals surface area contributed by atoms with Crippen molar-refractivity contribution in [3.63, 3.8) is 0 Å². The second-order valence-corrected chi connectivity index (χ2v) is 3.79. The van der Waals surface area contributed by atoms with Crippen molar-refractivity contribution in [3.05, 3.63) is 53.9 Å². The fourth-order valence-electron chi connectivity index (χ4n) is 1.63. The average molecular weight is 259 g/mol. The lowest BCUT2D eigenvalue weighted by Crippen LogP contribution is -2.05. The Morgan fingerprint density at radius 2 is 2.00 bits per heavy atom. The van der Waals surface area contributed by atoms with E-state index in [4.69, 9.17) is 14.6 Å². The predicted octanol–water partition coefficient (Wildman–Crippen LogP) is 2.37. The molecule has 0 amide bonds. The number of pyridine rings is 1. The van der Waals surface area contributed by atoms with Crippen molar-refractivity contribution >= 4 is 5.97 Å². The summed E-state index contributed by atoms with van der Waals surface area (Å²) in [6.45, 7) is 0.253. The highest BCUT2D eigenvalue weighted by molar-refractivity contribution is 5.92. The molecule has 1 aromatic carbocycles. The molecular weight excluding hydrogens is 246 g/mol. The monoisotopic (exact) mass is 259 g/mol. The fraction of sp³-hybridized carbons (Fsp3) is 0.143. The van der Waals surface area contributed by atoms with Gasteiger partial charge < -0.3 is 14.6 Å². The highest BCUT2D eigenvalue weighted by atomic mass is 16.5. The minimum atomic E-state index is -1.05. The van der Waals surface area contributed by atoms with Crippen LogP contribution in [0.1, 0.15) is 15.9 Å². The second-order valence-electron chi connectivity index (χ2n) is 3.79. The summed E-state index contributed by atoms with van der Waals surface area (Å²) in [6.07, 6.45) is 3.30. The van der Waals surface area contributed by atoms with Gasteiger partial charge in [0, 0.05) is 12.4 Å². The van der Waals surface area contributed by atoms with Crippen molar-refractivity contribution in [2.45, 2.75) is 6.61 Å². The first-order valence-electron chi connectivity index (χ1n) is 5.64. The average Bonchev–Trinajstić information content (AvgIpc) is 2.45. The van der Waals surface area contributed by atoms with Crippen LogP contribution in [0.4, 0.5) is 0 Å². The van der Waals surface area contributed by atoms with Crippen LogP contribution < -0.4 is 9.47 Å². The number of carbonyl (C=O) groups is 1. The summed E-state index contributed by atoms with van der Waals surface area (Å²) in [4.78, 5) is 15.1. The molecule has 0 aliphatic rings. The first kappa shape index (κ1) is 12.9. The fourth-order valence-corrected chi connectivity index (χ4v) is 1.63. The van der Waals surface area contributed by atoms with Crippen LogP contribution in [-0.2, 0) is 6.61 Å². The van der Waals surface area contributed by atoms with E-state index >= 15 is 0 Å². The van der Waals surface area contributed by atoms with Gasteiger partial charge in [0.15, 0.2) is 11.5 Å². The molecule has 2 aromatic rings. The topological polar surface area (TPSA) is 68.7 Å². The van der Waals surface area contributed by atoms with Gasteiger partial charge in [0.1, 0.15) is 12.2 Å². The molecule has 19 heavy (non-hydrogen) atoms. The molecule has 1 N–H and O–H groups in total. The molecular formula is C14H13NO4.